The molecule has 30 heavy (non-hydrogen) atoms. The normalized spacial score (nSPS) is 9.07. The fraction of sp³-hybridized carbons (Fsp3) is 0. The van der Waals surface area contributed by atoms with Crippen LogP contribution in [0.1, 0.15) is 22.3 Å². The molecular weight excluding hydrogens is 360 g/mol. The third-order valence-corrected chi connectivity index (χ3v) is 4.50. The molecule has 4 aromatic rings. The molecule has 0 radical (unpaired) electrons. The van der Waals surface area contributed by atoms with Crippen LogP contribution in [0.15, 0.2) is 121 Å². The van der Waals surface area contributed by atoms with E-state index in [9.17, 15) is 0 Å². The molecule has 0 atom stereocenters. The second-order valence-corrected chi connectivity index (χ2v) is 6.21. The van der Waals surface area contributed by atoms with Crippen LogP contribution in [-0.4, -0.2) is 0 Å². The molecule has 0 saturated heterocycles. The van der Waals surface area contributed by atoms with Crippen molar-refractivity contribution in [1.29, 1.82) is 0 Å². The highest BCUT2D eigenvalue weighted by molar-refractivity contribution is 6.04. The smallest absolute Gasteiger partial charge is 0.00268 e. The Kier molecular flexibility index (Phi) is 9.00. The van der Waals surface area contributed by atoms with Gasteiger partial charge in [0.25, 0.3) is 0 Å². The Balaban J connectivity index is 0.000000757. The van der Waals surface area contributed by atoms with Gasteiger partial charge in [-0.15, -0.1) is 25.7 Å². The minimum atomic E-state index is 1.22. The first-order valence-electron chi connectivity index (χ1n) is 9.56. The van der Waals surface area contributed by atoms with Crippen molar-refractivity contribution in [3.8, 4) is 25.7 Å². The van der Waals surface area contributed by atoms with Gasteiger partial charge in [0.15, 0.2) is 0 Å². The Morgan fingerprint density at radius 3 is 0.633 bits per heavy atom. The van der Waals surface area contributed by atoms with Gasteiger partial charge >= 0.3 is 0 Å². The average Bonchev–Trinajstić information content (AvgIpc) is 2.87. The molecule has 144 valence electrons. The van der Waals surface area contributed by atoms with Crippen molar-refractivity contribution in [2.45, 2.75) is 0 Å². The topological polar surface area (TPSA) is 0 Å². The van der Waals surface area contributed by atoms with Crippen LogP contribution in [-0.2, 0) is 0 Å². The van der Waals surface area contributed by atoms with E-state index in [1.54, 1.807) is 0 Å². The lowest BCUT2D eigenvalue weighted by Crippen LogP contribution is -1.97. The van der Waals surface area contributed by atoms with Gasteiger partial charge in [-0.05, 0) is 33.4 Å². The van der Waals surface area contributed by atoms with Crippen molar-refractivity contribution >= 4 is 11.1 Å². The van der Waals surface area contributed by atoms with Crippen molar-refractivity contribution in [2.24, 2.45) is 0 Å². The predicted octanol–water partition coefficient (Wildman–Crippen LogP) is 7.19. The maximum atomic E-state index is 4.00. The maximum absolute atomic E-state index is 4.00. The van der Waals surface area contributed by atoms with Crippen molar-refractivity contribution < 1.29 is 0 Å². The molecular formula is C30H24. The predicted molar refractivity (Wildman–Crippen MR) is 131 cm³/mol. The fourth-order valence-electron chi connectivity index (χ4n) is 3.33. The lowest BCUT2D eigenvalue weighted by atomic mass is 9.86. The second-order valence-electron chi connectivity index (χ2n) is 6.21. The molecule has 0 aliphatic heterocycles. The summed E-state index contributed by atoms with van der Waals surface area (Å²) in [4.78, 5) is 0. The molecule has 0 N–H and O–H groups in total. The van der Waals surface area contributed by atoms with E-state index in [0.29, 0.717) is 0 Å². The maximum Gasteiger partial charge on any atom is -0.00268 e. The number of hydrogen-bond acceptors (Lipinski definition) is 0. The zero-order chi connectivity index (χ0) is 21.6. The molecule has 0 fully saturated rings. The lowest BCUT2D eigenvalue weighted by molar-refractivity contribution is 1.50. The molecule has 0 heterocycles. The minimum absolute atomic E-state index is 1.22. The fourth-order valence-corrected chi connectivity index (χ4v) is 3.33. The van der Waals surface area contributed by atoms with E-state index in [1.807, 2.05) is 0 Å². The summed E-state index contributed by atoms with van der Waals surface area (Å²) in [6.07, 6.45) is 16.0. The van der Waals surface area contributed by atoms with Crippen LogP contribution in [0, 0.1) is 25.7 Å². The molecule has 0 unspecified atom stereocenters. The molecule has 4 aromatic carbocycles. The first-order valence-corrected chi connectivity index (χ1v) is 9.56. The monoisotopic (exact) mass is 384 g/mol. The van der Waals surface area contributed by atoms with E-state index in [2.05, 4.69) is 147 Å². The Morgan fingerprint density at radius 1 is 0.300 bits per heavy atom. The van der Waals surface area contributed by atoms with Crippen LogP contribution in [0.5, 0.6) is 0 Å². The summed E-state index contributed by atoms with van der Waals surface area (Å²) in [6.45, 7) is 0. The van der Waals surface area contributed by atoms with Crippen LogP contribution in [0.2, 0.25) is 0 Å². The van der Waals surface area contributed by atoms with Crippen molar-refractivity contribution in [2.75, 3.05) is 0 Å². The van der Waals surface area contributed by atoms with Crippen LogP contribution < -0.4 is 0 Å². The van der Waals surface area contributed by atoms with Crippen molar-refractivity contribution in [3.05, 3.63) is 144 Å². The summed E-state index contributed by atoms with van der Waals surface area (Å²) < 4.78 is 0. The molecule has 0 spiro atoms. The Hall–Kier alpha value is -4.26. The molecule has 0 bridgehead atoms. The highest BCUT2D eigenvalue weighted by atomic mass is 14.2. The highest BCUT2D eigenvalue weighted by Crippen LogP contribution is 2.36. The van der Waals surface area contributed by atoms with E-state index in [0.717, 1.165) is 0 Å². The number of rotatable bonds is 4. The van der Waals surface area contributed by atoms with Gasteiger partial charge in [-0.2, -0.15) is 0 Å². The summed E-state index contributed by atoms with van der Waals surface area (Å²) in [7, 11) is 0. The van der Waals surface area contributed by atoms with Crippen LogP contribution >= 0.6 is 0 Å². The lowest BCUT2D eigenvalue weighted by Gasteiger charge is -2.18. The van der Waals surface area contributed by atoms with Gasteiger partial charge in [0.1, 0.15) is 0 Å². The van der Waals surface area contributed by atoms with Gasteiger partial charge in [0, 0.05) is 0 Å². The zero-order valence-electron chi connectivity index (χ0n) is 16.9. The number of benzene rings is 4. The number of hydrogen-bond donors (Lipinski definition) is 0. The van der Waals surface area contributed by atoms with E-state index in [1.165, 1.54) is 33.4 Å². The second kappa shape index (κ2) is 12.2. The first-order chi connectivity index (χ1) is 14.9. The van der Waals surface area contributed by atoms with Crippen LogP contribution in [0.25, 0.3) is 11.1 Å². The summed E-state index contributed by atoms with van der Waals surface area (Å²) in [6, 6.07) is 42.6. The summed E-state index contributed by atoms with van der Waals surface area (Å²) in [5, 5.41) is 0. The SMILES string of the molecule is C#C.C#C.c1ccc(C(=C(c2ccccc2)c2ccccc2)c2ccccc2)cc1. The van der Waals surface area contributed by atoms with E-state index in [4.69, 9.17) is 0 Å². The molecule has 0 aliphatic carbocycles. The van der Waals surface area contributed by atoms with Gasteiger partial charge < -0.3 is 0 Å². The van der Waals surface area contributed by atoms with Gasteiger partial charge in [-0.1, -0.05) is 121 Å². The molecule has 0 nitrogen and oxygen atoms in total. The molecule has 0 saturated carbocycles. The van der Waals surface area contributed by atoms with Gasteiger partial charge in [-0.3, -0.25) is 0 Å². The van der Waals surface area contributed by atoms with Gasteiger partial charge in [0.2, 0.25) is 0 Å². The first kappa shape index (κ1) is 22.0. The quantitative estimate of drug-likeness (QED) is 0.258. The Morgan fingerprint density at radius 2 is 0.467 bits per heavy atom. The highest BCUT2D eigenvalue weighted by Gasteiger charge is 2.15. The Bertz CT molecular complexity index is 894. The van der Waals surface area contributed by atoms with Gasteiger partial charge in [-0.25, -0.2) is 0 Å². The Labute approximate surface area is 180 Å². The average molecular weight is 385 g/mol. The summed E-state index contributed by atoms with van der Waals surface area (Å²) in [5.41, 5.74) is 7.40. The number of terminal acetylenes is 2. The van der Waals surface area contributed by atoms with E-state index in [-0.39, 0.29) is 0 Å². The van der Waals surface area contributed by atoms with Gasteiger partial charge in [0.05, 0.1) is 0 Å². The minimum Gasteiger partial charge on any atom is -0.124 e. The van der Waals surface area contributed by atoms with E-state index < -0.39 is 0 Å². The standard InChI is InChI=1S/C26H20.2C2H2/c1-5-13-21(14-6-1)25(22-15-7-2-8-16-22)26(23-17-9-3-10-18-23)24-19-11-4-12-20-24;2*1-2/h1-20H;2*1-2H. The molecule has 4 rings (SSSR count). The largest absolute Gasteiger partial charge is 0.124 e. The third kappa shape index (κ3) is 5.39. The van der Waals surface area contributed by atoms with Crippen molar-refractivity contribution in [1.82, 2.24) is 0 Å². The summed E-state index contributed by atoms with van der Waals surface area (Å²) in [5.74, 6) is 0. The molecule has 0 aromatic heterocycles. The van der Waals surface area contributed by atoms with Crippen molar-refractivity contribution in [3.63, 3.8) is 0 Å². The third-order valence-electron chi connectivity index (χ3n) is 4.50. The molecule has 0 heteroatoms. The molecule has 0 aliphatic rings. The summed E-state index contributed by atoms with van der Waals surface area (Å²) >= 11 is 0. The molecule has 0 amide bonds. The zero-order valence-corrected chi connectivity index (χ0v) is 16.9. The van der Waals surface area contributed by atoms with Crippen LogP contribution in [0.4, 0.5) is 0 Å². The van der Waals surface area contributed by atoms with E-state index >= 15 is 0 Å². The van der Waals surface area contributed by atoms with Crippen LogP contribution in [0.3, 0.4) is 0 Å².